The molecule has 53 heavy (non-hydrogen) atoms. The molecule has 0 N–H and O–H groups in total. The average Bonchev–Trinajstić information content (AvgIpc) is 3.49. The molecule has 4 bridgehead atoms. The van der Waals surface area contributed by atoms with Crippen molar-refractivity contribution in [3.05, 3.63) is 115 Å². The largest absolute Gasteiger partial charge is 1.00 e. The van der Waals surface area contributed by atoms with Crippen molar-refractivity contribution >= 4 is 3.71 Å². The molecular weight excluding hydrogens is 763 g/mol. The fraction of sp³-hybridized carbons (Fsp3) is 0.540. The van der Waals surface area contributed by atoms with E-state index in [1.54, 1.807) is 22.3 Å². The molecule has 0 spiro atoms. The number of benzene rings is 3. The van der Waals surface area contributed by atoms with E-state index in [9.17, 15) is 0 Å². The Morgan fingerprint density at radius 2 is 1.08 bits per heavy atom. The maximum Gasteiger partial charge on any atom is -1.00 e. The summed E-state index contributed by atoms with van der Waals surface area (Å²) < 4.78 is 5.22. The third kappa shape index (κ3) is 7.65. The molecular formula is C50H64Cl2Zr. The molecule has 1 unspecified atom stereocenters. The number of rotatable bonds is 5. The van der Waals surface area contributed by atoms with Crippen molar-refractivity contribution in [3.8, 4) is 11.1 Å². The minimum atomic E-state index is -2.60. The second kappa shape index (κ2) is 14.4. The van der Waals surface area contributed by atoms with Gasteiger partial charge in [-0.15, -0.1) is 0 Å². The summed E-state index contributed by atoms with van der Waals surface area (Å²) in [5, 5.41) is 0. The van der Waals surface area contributed by atoms with Gasteiger partial charge < -0.3 is 24.8 Å². The molecule has 3 aromatic carbocycles. The molecule has 0 aliphatic heterocycles. The second-order valence-electron chi connectivity index (χ2n) is 21.1. The van der Waals surface area contributed by atoms with Crippen LogP contribution < -0.4 is 24.8 Å². The molecule has 3 aromatic rings. The normalized spacial score (nSPS) is 26.3. The number of fused-ring (bicyclic) bond motifs is 3. The number of hydrogen-bond acceptors (Lipinski definition) is 0. The van der Waals surface area contributed by atoms with Gasteiger partial charge in [-0.2, -0.15) is 0 Å². The van der Waals surface area contributed by atoms with Gasteiger partial charge in [-0.3, -0.25) is 0 Å². The minimum Gasteiger partial charge on any atom is -1.00 e. The fourth-order valence-corrected chi connectivity index (χ4v) is 20.5. The molecule has 282 valence electrons. The zero-order chi connectivity index (χ0) is 36.2. The molecule has 3 heteroatoms. The zero-order valence-corrected chi connectivity index (χ0v) is 38.5. The van der Waals surface area contributed by atoms with Crippen LogP contribution >= 0.6 is 0 Å². The van der Waals surface area contributed by atoms with E-state index >= 15 is 0 Å². The van der Waals surface area contributed by atoms with E-state index in [0.29, 0.717) is 15.0 Å². The maximum atomic E-state index is 2.87. The molecule has 0 heterocycles. The van der Waals surface area contributed by atoms with Gasteiger partial charge in [0.25, 0.3) is 0 Å². The molecule has 9 rings (SSSR count). The van der Waals surface area contributed by atoms with Crippen LogP contribution in [-0.2, 0) is 37.5 Å². The first kappa shape index (κ1) is 41.1. The van der Waals surface area contributed by atoms with Gasteiger partial charge in [0, 0.05) is 0 Å². The molecule has 1 atom stereocenters. The summed E-state index contributed by atoms with van der Waals surface area (Å²) in [6.45, 7) is 26.3. The quantitative estimate of drug-likeness (QED) is 0.249. The summed E-state index contributed by atoms with van der Waals surface area (Å²) in [7, 11) is 0. The Bertz CT molecular complexity index is 1870. The van der Waals surface area contributed by atoms with Crippen molar-refractivity contribution < 1.29 is 46.1 Å². The smallest absolute Gasteiger partial charge is 1.00 e. The number of hydrogen-bond donors (Lipinski definition) is 0. The van der Waals surface area contributed by atoms with Crippen molar-refractivity contribution in [2.75, 3.05) is 0 Å². The van der Waals surface area contributed by atoms with Crippen molar-refractivity contribution in [1.29, 1.82) is 0 Å². The summed E-state index contributed by atoms with van der Waals surface area (Å²) in [5.74, 6) is 3.57. The van der Waals surface area contributed by atoms with E-state index in [1.165, 1.54) is 78.3 Å². The van der Waals surface area contributed by atoms with Crippen LogP contribution in [0, 0.1) is 29.1 Å². The van der Waals surface area contributed by atoms with Crippen LogP contribution in [0.4, 0.5) is 0 Å². The third-order valence-corrected chi connectivity index (χ3v) is 22.2. The zero-order valence-electron chi connectivity index (χ0n) is 34.5. The molecule has 0 amide bonds. The summed E-state index contributed by atoms with van der Waals surface area (Å²) in [4.78, 5) is 0. The Kier molecular flexibility index (Phi) is 11.2. The molecule has 0 saturated heterocycles. The molecule has 6 aliphatic carbocycles. The van der Waals surface area contributed by atoms with Gasteiger partial charge in [-0.05, 0) is 0 Å². The van der Waals surface area contributed by atoms with Crippen molar-refractivity contribution in [3.63, 3.8) is 0 Å². The van der Waals surface area contributed by atoms with E-state index in [0.717, 1.165) is 17.8 Å². The SMILES string of the molecule is CC1=[C](/[Zr+2](=[CH]/c2ccc(C(C)(C)C)cc2)[CH]2c3ccc(C(C)(C)C)cc3-c3cc(C(C)(C)C)ccc32)C(C)C=C1CC12CC3CC(CC(C3)C1)C2.[Cl-].[Cl-]. The Balaban J connectivity index is 0.00000240. The number of halogens is 2. The minimum absolute atomic E-state index is 0. The van der Waals surface area contributed by atoms with Gasteiger partial charge in [0.2, 0.25) is 0 Å². The van der Waals surface area contributed by atoms with Crippen LogP contribution in [-0.4, -0.2) is 3.71 Å². The van der Waals surface area contributed by atoms with E-state index in [2.05, 4.69) is 147 Å². The Labute approximate surface area is 343 Å². The van der Waals surface area contributed by atoms with Gasteiger partial charge >= 0.3 is 321 Å². The van der Waals surface area contributed by atoms with Gasteiger partial charge in [0.15, 0.2) is 0 Å². The molecule has 4 fully saturated rings. The van der Waals surface area contributed by atoms with E-state index in [1.807, 2.05) is 3.28 Å². The van der Waals surface area contributed by atoms with Gasteiger partial charge in [0.1, 0.15) is 0 Å². The van der Waals surface area contributed by atoms with Gasteiger partial charge in [-0.1, -0.05) is 0 Å². The summed E-state index contributed by atoms with van der Waals surface area (Å²) >= 11 is -2.60. The molecule has 0 aromatic heterocycles. The first-order valence-corrected chi connectivity index (χ1v) is 24.5. The van der Waals surface area contributed by atoms with Crippen LogP contribution in [0.1, 0.15) is 158 Å². The maximum absolute atomic E-state index is 2.87. The van der Waals surface area contributed by atoms with Gasteiger partial charge in [0.05, 0.1) is 0 Å². The van der Waals surface area contributed by atoms with Crippen LogP contribution in [0.5, 0.6) is 0 Å². The second-order valence-corrected chi connectivity index (χ2v) is 26.8. The first-order valence-electron chi connectivity index (χ1n) is 20.4. The first-order chi connectivity index (χ1) is 23.9. The Hall–Kier alpha value is -1.53. The van der Waals surface area contributed by atoms with Crippen molar-refractivity contribution in [1.82, 2.24) is 0 Å². The summed E-state index contributed by atoms with van der Waals surface area (Å²) in [6, 6.07) is 24.9. The fourth-order valence-electron chi connectivity index (χ4n) is 11.7. The number of allylic oxidation sites excluding steroid dienone is 4. The molecule has 6 aliphatic rings. The van der Waals surface area contributed by atoms with Crippen LogP contribution in [0.15, 0.2) is 81.2 Å². The van der Waals surface area contributed by atoms with Crippen LogP contribution in [0.2, 0.25) is 0 Å². The van der Waals surface area contributed by atoms with E-state index in [-0.39, 0.29) is 41.1 Å². The third-order valence-electron chi connectivity index (χ3n) is 14.0. The van der Waals surface area contributed by atoms with Crippen LogP contribution in [0.3, 0.4) is 0 Å². The topological polar surface area (TPSA) is 0 Å². The summed E-state index contributed by atoms with van der Waals surface area (Å²) in [6.07, 6.45) is 13.2. The van der Waals surface area contributed by atoms with Crippen LogP contribution in [0.25, 0.3) is 11.1 Å². The van der Waals surface area contributed by atoms with Crippen molar-refractivity contribution in [2.24, 2.45) is 29.1 Å². The van der Waals surface area contributed by atoms with E-state index in [4.69, 9.17) is 0 Å². The molecule has 0 nitrogen and oxygen atoms in total. The predicted octanol–water partition coefficient (Wildman–Crippen LogP) is 7.58. The molecule has 0 radical (unpaired) electrons. The van der Waals surface area contributed by atoms with Gasteiger partial charge in [-0.25, -0.2) is 0 Å². The van der Waals surface area contributed by atoms with E-state index < -0.39 is 21.3 Å². The monoisotopic (exact) mass is 824 g/mol. The molecule has 4 saturated carbocycles. The average molecular weight is 827 g/mol. The predicted molar refractivity (Wildman–Crippen MR) is 217 cm³/mol. The summed E-state index contributed by atoms with van der Waals surface area (Å²) in [5.41, 5.74) is 16.4. The Morgan fingerprint density at radius 1 is 0.642 bits per heavy atom. The Morgan fingerprint density at radius 3 is 1.51 bits per heavy atom. The standard InChI is InChI=1S/C21H25.C18H25.C11H14.2ClH.Zr/c1-20(2,3)16-9-7-14-11-15-8-10-17(21(4,5)6)13-19(15)18(14)12-16;1-12-3-13(2)17(4-12)11-18-8-14-5-15(9-18)7-16(6-14)10-18;1-9-5-7-10(8-6-9)11(2,3)4;;;/h7-13H,1-6H3;4,12,14-16H,5-11H2,1-2H3;1,5-8H,2-4H3;2*1H;/q;;;;;+2/p-2. The van der Waals surface area contributed by atoms with Crippen molar-refractivity contribution in [2.45, 2.75) is 141 Å².